The second-order valence-corrected chi connectivity index (χ2v) is 7.49. The number of halogens is 1. The molecule has 7 nitrogen and oxygen atoms in total. The molecule has 0 unspecified atom stereocenters. The first-order valence-corrected chi connectivity index (χ1v) is 9.62. The van der Waals surface area contributed by atoms with Gasteiger partial charge in [-0.05, 0) is 48.8 Å². The van der Waals surface area contributed by atoms with Crippen molar-refractivity contribution in [3.63, 3.8) is 0 Å². The maximum Gasteiger partial charge on any atom is 0.287 e. The van der Waals surface area contributed by atoms with Gasteiger partial charge < -0.3 is 14.5 Å². The number of hydrogen-bond acceptors (Lipinski definition) is 5. The van der Waals surface area contributed by atoms with Crippen LogP contribution in [-0.4, -0.2) is 59.5 Å². The molecule has 2 aromatic rings. The zero-order chi connectivity index (χ0) is 18.7. The number of nitrogens with one attached hydrogen (secondary N) is 1. The molecule has 3 rings (SSSR count). The minimum atomic E-state index is -0.188. The van der Waals surface area contributed by atoms with Crippen LogP contribution in [0, 0.1) is 13.8 Å². The van der Waals surface area contributed by atoms with Crippen molar-refractivity contribution in [3.8, 4) is 0 Å². The van der Waals surface area contributed by atoms with E-state index in [-0.39, 0.29) is 11.9 Å². The van der Waals surface area contributed by atoms with E-state index in [0.29, 0.717) is 18.1 Å². The van der Waals surface area contributed by atoms with Gasteiger partial charge in [-0.1, -0.05) is 0 Å². The molecule has 142 valence electrons. The standard InChI is InChI=1S/C18H25BrN4O3/c1-12(10-22-6-8-25-9-7-22)20-18(24)16-5-4-15(26-16)11-23-14(3)17(19)13(2)21-23/h4-5,12H,6-11H2,1-3H3,(H,20,24)/t12-/m0/s1. The fraction of sp³-hybridized carbons (Fsp3) is 0.556. The van der Waals surface area contributed by atoms with E-state index in [1.165, 1.54) is 0 Å². The highest BCUT2D eigenvalue weighted by Crippen LogP contribution is 2.21. The Morgan fingerprint density at radius 1 is 1.35 bits per heavy atom. The van der Waals surface area contributed by atoms with E-state index in [1.807, 2.05) is 31.5 Å². The molecule has 0 radical (unpaired) electrons. The van der Waals surface area contributed by atoms with Gasteiger partial charge in [0.05, 0.1) is 35.6 Å². The Morgan fingerprint density at radius 2 is 2.08 bits per heavy atom. The zero-order valence-electron chi connectivity index (χ0n) is 15.4. The van der Waals surface area contributed by atoms with Crippen molar-refractivity contribution in [2.24, 2.45) is 0 Å². The Morgan fingerprint density at radius 3 is 2.73 bits per heavy atom. The largest absolute Gasteiger partial charge is 0.454 e. The van der Waals surface area contributed by atoms with Gasteiger partial charge in [-0.15, -0.1) is 0 Å². The summed E-state index contributed by atoms with van der Waals surface area (Å²) in [6, 6.07) is 3.58. The molecule has 3 heterocycles. The Bertz CT molecular complexity index is 765. The molecule has 1 saturated heterocycles. The molecule has 0 aliphatic carbocycles. The molecule has 1 amide bonds. The summed E-state index contributed by atoms with van der Waals surface area (Å²) in [7, 11) is 0. The molecule has 1 fully saturated rings. The lowest BCUT2D eigenvalue weighted by atomic mass is 10.2. The molecule has 0 spiro atoms. The number of furan rings is 1. The van der Waals surface area contributed by atoms with Crippen LogP contribution >= 0.6 is 15.9 Å². The van der Waals surface area contributed by atoms with E-state index >= 15 is 0 Å². The number of aromatic nitrogens is 2. The fourth-order valence-electron chi connectivity index (χ4n) is 3.07. The summed E-state index contributed by atoms with van der Waals surface area (Å²) in [5, 5.41) is 7.47. The Labute approximate surface area is 161 Å². The van der Waals surface area contributed by atoms with Gasteiger partial charge >= 0.3 is 0 Å². The summed E-state index contributed by atoms with van der Waals surface area (Å²) in [5.74, 6) is 0.843. The number of nitrogens with zero attached hydrogens (tertiary/aromatic N) is 3. The molecule has 0 bridgehead atoms. The lowest BCUT2D eigenvalue weighted by molar-refractivity contribution is 0.0341. The van der Waals surface area contributed by atoms with Crippen molar-refractivity contribution in [1.82, 2.24) is 20.0 Å². The Hall–Kier alpha value is -1.64. The highest BCUT2D eigenvalue weighted by molar-refractivity contribution is 9.10. The molecular weight excluding hydrogens is 400 g/mol. The topological polar surface area (TPSA) is 72.5 Å². The number of rotatable bonds is 6. The van der Waals surface area contributed by atoms with Gasteiger partial charge in [0, 0.05) is 25.7 Å². The SMILES string of the molecule is Cc1nn(Cc2ccc(C(=O)N[C@@H](C)CN3CCOCC3)o2)c(C)c1Br. The number of hydrogen-bond donors (Lipinski definition) is 1. The molecule has 0 saturated carbocycles. The van der Waals surface area contributed by atoms with Gasteiger partial charge in [-0.2, -0.15) is 5.10 Å². The van der Waals surface area contributed by atoms with Crippen molar-refractivity contribution in [1.29, 1.82) is 0 Å². The summed E-state index contributed by atoms with van der Waals surface area (Å²) < 4.78 is 13.9. The van der Waals surface area contributed by atoms with Crippen LogP contribution in [0.15, 0.2) is 21.0 Å². The second-order valence-electron chi connectivity index (χ2n) is 6.70. The number of carbonyl (C=O) groups excluding carboxylic acids is 1. The number of amides is 1. The summed E-state index contributed by atoms with van der Waals surface area (Å²) in [5.41, 5.74) is 1.97. The third-order valence-electron chi connectivity index (χ3n) is 4.50. The van der Waals surface area contributed by atoms with Crippen molar-refractivity contribution >= 4 is 21.8 Å². The van der Waals surface area contributed by atoms with Crippen molar-refractivity contribution < 1.29 is 13.9 Å². The maximum absolute atomic E-state index is 12.4. The number of carbonyl (C=O) groups is 1. The molecule has 26 heavy (non-hydrogen) atoms. The van der Waals surface area contributed by atoms with Gasteiger partial charge in [0.2, 0.25) is 0 Å². The van der Waals surface area contributed by atoms with Crippen LogP contribution in [0.5, 0.6) is 0 Å². The molecule has 1 atom stereocenters. The number of morpholine rings is 1. The van der Waals surface area contributed by atoms with Crippen LogP contribution in [-0.2, 0) is 11.3 Å². The number of ether oxygens (including phenoxy) is 1. The lowest BCUT2D eigenvalue weighted by Gasteiger charge is -2.29. The normalized spacial score (nSPS) is 16.6. The summed E-state index contributed by atoms with van der Waals surface area (Å²) >= 11 is 3.52. The highest BCUT2D eigenvalue weighted by atomic mass is 79.9. The minimum Gasteiger partial charge on any atom is -0.454 e. The van der Waals surface area contributed by atoms with E-state index in [4.69, 9.17) is 9.15 Å². The second kappa shape index (κ2) is 8.37. The van der Waals surface area contributed by atoms with Gasteiger partial charge in [0.25, 0.3) is 5.91 Å². The highest BCUT2D eigenvalue weighted by Gasteiger charge is 2.18. The third-order valence-corrected chi connectivity index (χ3v) is 5.65. The van der Waals surface area contributed by atoms with Crippen LogP contribution in [0.25, 0.3) is 0 Å². The average molecular weight is 425 g/mol. The van der Waals surface area contributed by atoms with Crippen LogP contribution in [0.4, 0.5) is 0 Å². The lowest BCUT2D eigenvalue weighted by Crippen LogP contribution is -2.45. The molecule has 0 aromatic carbocycles. The molecule has 2 aromatic heterocycles. The summed E-state index contributed by atoms with van der Waals surface area (Å²) in [6.07, 6.45) is 0. The van der Waals surface area contributed by atoms with Crippen LogP contribution < -0.4 is 5.32 Å². The quantitative estimate of drug-likeness (QED) is 0.770. The van der Waals surface area contributed by atoms with Crippen LogP contribution in [0.3, 0.4) is 0 Å². The van der Waals surface area contributed by atoms with Gasteiger partial charge in [0.15, 0.2) is 5.76 Å². The molecule has 8 heteroatoms. The summed E-state index contributed by atoms with van der Waals surface area (Å²) in [6.45, 7) is 10.6. The van der Waals surface area contributed by atoms with Crippen LogP contribution in [0.1, 0.15) is 34.6 Å². The van der Waals surface area contributed by atoms with E-state index in [1.54, 1.807) is 6.07 Å². The van der Waals surface area contributed by atoms with E-state index in [2.05, 4.69) is 31.2 Å². The molecule has 1 N–H and O–H groups in total. The van der Waals surface area contributed by atoms with E-state index in [9.17, 15) is 4.79 Å². The number of aryl methyl sites for hydroxylation is 1. The van der Waals surface area contributed by atoms with Crippen molar-refractivity contribution in [2.75, 3.05) is 32.8 Å². The Balaban J connectivity index is 1.56. The molecule has 1 aliphatic rings. The molecule has 1 aliphatic heterocycles. The minimum absolute atomic E-state index is 0.0427. The average Bonchev–Trinajstić information content (AvgIpc) is 3.17. The van der Waals surface area contributed by atoms with E-state index in [0.717, 1.165) is 48.7 Å². The first-order valence-electron chi connectivity index (χ1n) is 8.83. The first kappa shape index (κ1) is 19.1. The first-order chi connectivity index (χ1) is 12.4. The van der Waals surface area contributed by atoms with Crippen molar-refractivity contribution in [2.45, 2.75) is 33.4 Å². The van der Waals surface area contributed by atoms with Crippen LogP contribution in [0.2, 0.25) is 0 Å². The van der Waals surface area contributed by atoms with Crippen molar-refractivity contribution in [3.05, 3.63) is 39.5 Å². The monoisotopic (exact) mass is 424 g/mol. The maximum atomic E-state index is 12.4. The summed E-state index contributed by atoms with van der Waals surface area (Å²) in [4.78, 5) is 14.7. The third kappa shape index (κ3) is 4.55. The zero-order valence-corrected chi connectivity index (χ0v) is 17.0. The smallest absolute Gasteiger partial charge is 0.287 e. The Kier molecular flexibility index (Phi) is 6.16. The van der Waals surface area contributed by atoms with Gasteiger partial charge in [0.1, 0.15) is 5.76 Å². The van der Waals surface area contributed by atoms with Gasteiger partial charge in [-0.3, -0.25) is 14.4 Å². The predicted octanol–water partition coefficient (Wildman–Crippen LogP) is 2.35. The van der Waals surface area contributed by atoms with Gasteiger partial charge in [-0.25, -0.2) is 0 Å². The predicted molar refractivity (Wildman–Crippen MR) is 101 cm³/mol. The molecular formula is C18H25BrN4O3. The van der Waals surface area contributed by atoms with E-state index < -0.39 is 0 Å². The fourth-order valence-corrected chi connectivity index (χ4v) is 3.36.